The maximum atomic E-state index is 12.9. The van der Waals surface area contributed by atoms with E-state index in [1.54, 1.807) is 0 Å². The molecule has 0 fully saturated rings. The highest BCUT2D eigenvalue weighted by molar-refractivity contribution is 6.31. The van der Waals surface area contributed by atoms with E-state index in [2.05, 4.69) is 0 Å². The maximum absolute atomic E-state index is 12.9. The molecular weight excluding hydrogens is 205 g/mol. The number of hydrogen-bond donors (Lipinski definition) is 1. The third-order valence-electron chi connectivity index (χ3n) is 1.74. The Morgan fingerprint density at radius 1 is 1.50 bits per heavy atom. The number of hydrogen-bond acceptors (Lipinski definition) is 2. The summed E-state index contributed by atoms with van der Waals surface area (Å²) in [6.07, 6.45) is 0.109. The second-order valence-electron chi connectivity index (χ2n) is 3.32. The average Bonchev–Trinajstić information content (AvgIpc) is 2.09. The van der Waals surface area contributed by atoms with Crippen LogP contribution in [0.5, 0.6) is 0 Å². The van der Waals surface area contributed by atoms with Crippen molar-refractivity contribution < 1.29 is 9.13 Å². The van der Waals surface area contributed by atoms with Gasteiger partial charge in [0.05, 0.1) is 18.4 Å². The highest BCUT2D eigenvalue weighted by Crippen LogP contribution is 2.23. The quantitative estimate of drug-likeness (QED) is 0.790. The zero-order valence-electron chi connectivity index (χ0n) is 8.18. The number of rotatable bonds is 3. The lowest BCUT2D eigenvalue weighted by Crippen LogP contribution is -2.03. The van der Waals surface area contributed by atoms with E-state index in [0.717, 1.165) is 0 Å². The molecule has 1 rings (SSSR count). The van der Waals surface area contributed by atoms with Gasteiger partial charge in [0.15, 0.2) is 0 Å². The molecule has 0 saturated carbocycles. The third kappa shape index (κ3) is 2.86. The van der Waals surface area contributed by atoms with Crippen LogP contribution in [0.4, 0.5) is 10.1 Å². The van der Waals surface area contributed by atoms with Gasteiger partial charge in [-0.15, -0.1) is 0 Å². The van der Waals surface area contributed by atoms with E-state index in [0.29, 0.717) is 17.2 Å². The molecule has 78 valence electrons. The molecule has 0 amide bonds. The normalized spacial score (nSPS) is 10.9. The molecule has 0 spiro atoms. The van der Waals surface area contributed by atoms with Crippen molar-refractivity contribution in [3.05, 3.63) is 28.5 Å². The number of halogens is 2. The molecule has 0 heterocycles. The summed E-state index contributed by atoms with van der Waals surface area (Å²) < 4.78 is 18.2. The number of benzene rings is 1. The second kappa shape index (κ2) is 4.62. The summed E-state index contributed by atoms with van der Waals surface area (Å²) in [5.41, 5.74) is 6.21. The van der Waals surface area contributed by atoms with Crippen LogP contribution in [-0.2, 0) is 11.3 Å². The van der Waals surface area contributed by atoms with Gasteiger partial charge in [0.25, 0.3) is 0 Å². The first-order valence-electron chi connectivity index (χ1n) is 4.35. The van der Waals surface area contributed by atoms with E-state index < -0.39 is 5.82 Å². The molecule has 1 aromatic carbocycles. The zero-order chi connectivity index (χ0) is 10.7. The summed E-state index contributed by atoms with van der Waals surface area (Å²) in [6.45, 7) is 4.18. The van der Waals surface area contributed by atoms with Gasteiger partial charge in [-0.25, -0.2) is 4.39 Å². The van der Waals surface area contributed by atoms with Crippen molar-refractivity contribution in [1.82, 2.24) is 0 Å². The van der Waals surface area contributed by atoms with Crippen molar-refractivity contribution in [3.63, 3.8) is 0 Å². The number of anilines is 1. The fourth-order valence-corrected chi connectivity index (χ4v) is 1.18. The summed E-state index contributed by atoms with van der Waals surface area (Å²) in [5.74, 6) is -0.497. The molecular formula is C10H13ClFNO. The summed E-state index contributed by atoms with van der Waals surface area (Å²) in [6, 6.07) is 2.70. The van der Waals surface area contributed by atoms with Gasteiger partial charge in [0.2, 0.25) is 0 Å². The van der Waals surface area contributed by atoms with Crippen LogP contribution >= 0.6 is 11.6 Å². The molecule has 0 atom stereocenters. The van der Waals surface area contributed by atoms with Crippen LogP contribution in [0.2, 0.25) is 5.02 Å². The molecule has 0 saturated heterocycles. The SMILES string of the molecule is CC(C)OCc1cc(N)c(F)cc1Cl. The molecule has 2 N–H and O–H groups in total. The van der Waals surface area contributed by atoms with Crippen molar-refractivity contribution in [1.29, 1.82) is 0 Å². The van der Waals surface area contributed by atoms with Crippen molar-refractivity contribution >= 4 is 17.3 Å². The molecule has 0 unspecified atom stereocenters. The first-order valence-corrected chi connectivity index (χ1v) is 4.73. The lowest BCUT2D eigenvalue weighted by Gasteiger charge is -2.09. The van der Waals surface area contributed by atoms with Crippen LogP contribution in [-0.4, -0.2) is 6.10 Å². The van der Waals surface area contributed by atoms with E-state index in [9.17, 15) is 4.39 Å². The Morgan fingerprint density at radius 2 is 2.14 bits per heavy atom. The predicted molar refractivity (Wildman–Crippen MR) is 55.7 cm³/mol. The fraction of sp³-hybridized carbons (Fsp3) is 0.400. The summed E-state index contributed by atoms with van der Waals surface area (Å²) in [4.78, 5) is 0. The van der Waals surface area contributed by atoms with Gasteiger partial charge in [-0.1, -0.05) is 11.6 Å². The van der Waals surface area contributed by atoms with E-state index >= 15 is 0 Å². The molecule has 14 heavy (non-hydrogen) atoms. The topological polar surface area (TPSA) is 35.2 Å². The average molecular weight is 218 g/mol. The van der Waals surface area contributed by atoms with Gasteiger partial charge >= 0.3 is 0 Å². The highest BCUT2D eigenvalue weighted by atomic mass is 35.5. The van der Waals surface area contributed by atoms with Gasteiger partial charge in [-0.05, 0) is 31.5 Å². The molecule has 1 aromatic rings. The number of nitrogens with two attached hydrogens (primary N) is 1. The zero-order valence-corrected chi connectivity index (χ0v) is 8.94. The lowest BCUT2D eigenvalue weighted by molar-refractivity contribution is 0.0657. The molecule has 4 heteroatoms. The summed E-state index contributed by atoms with van der Waals surface area (Å²) in [7, 11) is 0. The number of ether oxygens (including phenoxy) is 1. The van der Waals surface area contributed by atoms with Crippen LogP contribution in [0.1, 0.15) is 19.4 Å². The van der Waals surface area contributed by atoms with E-state index in [4.69, 9.17) is 22.1 Å². The minimum Gasteiger partial charge on any atom is -0.396 e. The Balaban J connectivity index is 2.82. The minimum atomic E-state index is -0.497. The van der Waals surface area contributed by atoms with E-state index in [1.165, 1.54) is 12.1 Å². The van der Waals surface area contributed by atoms with E-state index in [1.807, 2.05) is 13.8 Å². The smallest absolute Gasteiger partial charge is 0.147 e. The van der Waals surface area contributed by atoms with Crippen LogP contribution in [0, 0.1) is 5.82 Å². The monoisotopic (exact) mass is 217 g/mol. The second-order valence-corrected chi connectivity index (χ2v) is 3.73. The largest absolute Gasteiger partial charge is 0.396 e. The van der Waals surface area contributed by atoms with Gasteiger partial charge in [-0.3, -0.25) is 0 Å². The third-order valence-corrected chi connectivity index (χ3v) is 2.09. The fourth-order valence-electron chi connectivity index (χ4n) is 0.980. The predicted octanol–water partition coefficient (Wildman–Crippen LogP) is 2.99. The maximum Gasteiger partial charge on any atom is 0.147 e. The molecule has 0 aliphatic carbocycles. The van der Waals surface area contributed by atoms with E-state index in [-0.39, 0.29) is 11.8 Å². The Labute approximate surface area is 87.8 Å². The lowest BCUT2D eigenvalue weighted by atomic mass is 10.2. The van der Waals surface area contributed by atoms with Crippen LogP contribution in [0.25, 0.3) is 0 Å². The number of nitrogen functional groups attached to an aromatic ring is 1. The standard InChI is InChI=1S/C10H13ClFNO/c1-6(2)14-5-7-3-10(13)9(12)4-8(7)11/h3-4,6H,5,13H2,1-2H3. The first kappa shape index (κ1) is 11.3. The van der Waals surface area contributed by atoms with Crippen molar-refractivity contribution in [3.8, 4) is 0 Å². The summed E-state index contributed by atoms with van der Waals surface area (Å²) >= 11 is 5.81. The first-order chi connectivity index (χ1) is 6.50. The molecule has 0 bridgehead atoms. The Kier molecular flexibility index (Phi) is 3.72. The van der Waals surface area contributed by atoms with Crippen LogP contribution in [0.3, 0.4) is 0 Å². The Morgan fingerprint density at radius 3 is 2.71 bits per heavy atom. The molecule has 0 radical (unpaired) electrons. The molecule has 2 nitrogen and oxygen atoms in total. The highest BCUT2D eigenvalue weighted by Gasteiger charge is 2.06. The Hall–Kier alpha value is -0.800. The van der Waals surface area contributed by atoms with Crippen molar-refractivity contribution in [2.24, 2.45) is 0 Å². The summed E-state index contributed by atoms with van der Waals surface area (Å²) in [5, 5.41) is 0.345. The molecule has 0 aliphatic heterocycles. The Bertz CT molecular complexity index is 328. The van der Waals surface area contributed by atoms with Crippen LogP contribution in [0.15, 0.2) is 12.1 Å². The molecule has 0 aromatic heterocycles. The van der Waals surface area contributed by atoms with Crippen molar-refractivity contribution in [2.45, 2.75) is 26.6 Å². The van der Waals surface area contributed by atoms with Gasteiger partial charge < -0.3 is 10.5 Å². The van der Waals surface area contributed by atoms with Crippen LogP contribution < -0.4 is 5.73 Å². The van der Waals surface area contributed by atoms with Gasteiger partial charge in [0.1, 0.15) is 5.82 Å². The van der Waals surface area contributed by atoms with Crippen molar-refractivity contribution in [2.75, 3.05) is 5.73 Å². The van der Waals surface area contributed by atoms with Gasteiger partial charge in [0, 0.05) is 5.02 Å². The minimum absolute atomic E-state index is 0.0942. The van der Waals surface area contributed by atoms with Gasteiger partial charge in [-0.2, -0.15) is 0 Å². The molecule has 0 aliphatic rings.